The molecule has 6 heteroatoms. The van der Waals surface area contributed by atoms with E-state index in [-0.39, 0.29) is 24.0 Å². The first-order chi connectivity index (χ1) is 12.2. The van der Waals surface area contributed by atoms with Gasteiger partial charge in [-0.15, -0.1) is 35.3 Å². The maximum Gasteiger partial charge on any atom is 0.191 e. The first kappa shape index (κ1) is 22.9. The lowest BCUT2D eigenvalue weighted by molar-refractivity contribution is 0.185. The second-order valence-electron chi connectivity index (χ2n) is 6.21. The summed E-state index contributed by atoms with van der Waals surface area (Å²) in [5.41, 5.74) is 2.38. The molecule has 4 nitrogen and oxygen atoms in total. The number of nitrogens with one attached hydrogen (secondary N) is 2. The maximum atomic E-state index is 5.14. The van der Waals surface area contributed by atoms with Gasteiger partial charge in [0.1, 0.15) is 0 Å². The first-order valence-electron chi connectivity index (χ1n) is 8.82. The van der Waals surface area contributed by atoms with Crippen LogP contribution < -0.4 is 10.6 Å². The molecular formula is C20H30IN3OS. The number of ether oxygens (including phenoxy) is 1. The lowest BCUT2D eigenvalue weighted by Crippen LogP contribution is -2.39. The van der Waals surface area contributed by atoms with E-state index < -0.39 is 0 Å². The molecule has 0 bridgehead atoms. The maximum absolute atomic E-state index is 5.14. The van der Waals surface area contributed by atoms with Gasteiger partial charge in [0.05, 0.1) is 13.2 Å². The fourth-order valence-electron chi connectivity index (χ4n) is 2.53. The molecule has 0 amide bonds. The Morgan fingerprint density at radius 3 is 2.50 bits per heavy atom. The van der Waals surface area contributed by atoms with Crippen LogP contribution in [0.3, 0.4) is 0 Å². The van der Waals surface area contributed by atoms with Gasteiger partial charge in [-0.25, -0.2) is 4.99 Å². The van der Waals surface area contributed by atoms with Crippen molar-refractivity contribution in [1.82, 2.24) is 10.6 Å². The van der Waals surface area contributed by atoms with Gasteiger partial charge in [-0.2, -0.15) is 0 Å². The molecule has 0 saturated heterocycles. The Balaban J connectivity index is 0.00000338. The lowest BCUT2D eigenvalue weighted by Gasteiger charge is -2.15. The molecular weight excluding hydrogens is 457 g/mol. The molecule has 1 aromatic carbocycles. The Morgan fingerprint density at radius 2 is 1.88 bits per heavy atom. The first-order valence-corrected chi connectivity index (χ1v) is 9.70. The largest absolute Gasteiger partial charge is 0.380 e. The molecule has 0 aliphatic heterocycles. The molecule has 144 valence electrons. The zero-order valence-corrected chi connectivity index (χ0v) is 19.0. The van der Waals surface area contributed by atoms with Crippen molar-refractivity contribution in [3.05, 3.63) is 57.8 Å². The fraction of sp³-hybridized carbons (Fsp3) is 0.450. The summed E-state index contributed by atoms with van der Waals surface area (Å²) in [6, 6.07) is 12.7. The van der Waals surface area contributed by atoms with Crippen molar-refractivity contribution in [2.45, 2.75) is 33.4 Å². The second-order valence-corrected chi connectivity index (χ2v) is 7.25. The van der Waals surface area contributed by atoms with Gasteiger partial charge in [0.2, 0.25) is 0 Å². The van der Waals surface area contributed by atoms with Crippen molar-refractivity contribution in [3.63, 3.8) is 0 Å². The van der Waals surface area contributed by atoms with Gasteiger partial charge in [0, 0.05) is 25.1 Å². The summed E-state index contributed by atoms with van der Waals surface area (Å²) >= 11 is 1.83. The van der Waals surface area contributed by atoms with Crippen molar-refractivity contribution in [1.29, 1.82) is 0 Å². The summed E-state index contributed by atoms with van der Waals surface area (Å²) in [4.78, 5) is 6.13. The predicted molar refractivity (Wildman–Crippen MR) is 123 cm³/mol. The molecule has 0 aliphatic rings. The Labute approximate surface area is 178 Å². The summed E-state index contributed by atoms with van der Waals surface area (Å²) in [7, 11) is 1.71. The molecule has 0 spiro atoms. The van der Waals surface area contributed by atoms with Crippen molar-refractivity contribution >= 4 is 41.3 Å². The quantitative estimate of drug-likeness (QED) is 0.312. The van der Waals surface area contributed by atoms with Crippen LogP contribution in [0.5, 0.6) is 0 Å². The van der Waals surface area contributed by atoms with Crippen LogP contribution in [-0.2, 0) is 24.3 Å². The molecule has 1 heterocycles. The van der Waals surface area contributed by atoms with Crippen LogP contribution in [0.4, 0.5) is 0 Å². The van der Waals surface area contributed by atoms with Crippen LogP contribution in [0, 0.1) is 5.92 Å². The van der Waals surface area contributed by atoms with Gasteiger partial charge < -0.3 is 15.4 Å². The van der Waals surface area contributed by atoms with Crippen LogP contribution in [0.2, 0.25) is 0 Å². The number of benzene rings is 1. The molecule has 26 heavy (non-hydrogen) atoms. The van der Waals surface area contributed by atoms with Gasteiger partial charge in [-0.1, -0.05) is 37.3 Å². The van der Waals surface area contributed by atoms with Gasteiger partial charge in [0.15, 0.2) is 5.96 Å². The zero-order chi connectivity index (χ0) is 17.9. The minimum absolute atomic E-state index is 0. The Morgan fingerprint density at radius 1 is 1.15 bits per heavy atom. The Hall–Kier alpha value is -1.12. The smallest absolute Gasteiger partial charge is 0.191 e. The summed E-state index contributed by atoms with van der Waals surface area (Å²) < 4.78 is 5.14. The Kier molecular flexibility index (Phi) is 11.6. The van der Waals surface area contributed by atoms with Crippen LogP contribution in [0.15, 0.2) is 46.8 Å². The van der Waals surface area contributed by atoms with Crippen LogP contribution in [0.1, 0.15) is 29.9 Å². The topological polar surface area (TPSA) is 45.7 Å². The Bertz CT molecular complexity index is 629. The number of guanidine groups is 1. The predicted octanol–water partition coefficient (Wildman–Crippen LogP) is 4.45. The van der Waals surface area contributed by atoms with E-state index in [0.717, 1.165) is 25.5 Å². The van der Waals surface area contributed by atoms with Crippen LogP contribution >= 0.6 is 35.3 Å². The van der Waals surface area contributed by atoms with Crippen molar-refractivity contribution in [2.24, 2.45) is 10.9 Å². The van der Waals surface area contributed by atoms with Crippen LogP contribution in [0.25, 0.3) is 0 Å². The van der Waals surface area contributed by atoms with E-state index in [9.17, 15) is 0 Å². The highest BCUT2D eigenvalue weighted by atomic mass is 127. The van der Waals surface area contributed by atoms with Gasteiger partial charge in [0.25, 0.3) is 0 Å². The van der Waals surface area contributed by atoms with Crippen molar-refractivity contribution < 1.29 is 4.74 Å². The average Bonchev–Trinajstić information content (AvgIpc) is 3.12. The number of halogens is 1. The molecule has 1 unspecified atom stereocenters. The van der Waals surface area contributed by atoms with E-state index in [1.807, 2.05) is 11.3 Å². The molecule has 2 aromatic rings. The second kappa shape index (κ2) is 13.1. The highest BCUT2D eigenvalue weighted by Gasteiger charge is 2.06. The summed E-state index contributed by atoms with van der Waals surface area (Å²) in [6.07, 6.45) is 1.10. The summed E-state index contributed by atoms with van der Waals surface area (Å²) in [5.74, 6) is 1.44. The zero-order valence-electron chi connectivity index (χ0n) is 15.8. The van der Waals surface area contributed by atoms with E-state index in [1.54, 1.807) is 7.11 Å². The average molecular weight is 487 g/mol. The van der Waals surface area contributed by atoms with E-state index in [2.05, 4.69) is 66.3 Å². The highest BCUT2D eigenvalue weighted by Crippen LogP contribution is 2.13. The normalized spacial score (nSPS) is 12.3. The monoisotopic (exact) mass is 487 g/mol. The third-order valence-electron chi connectivity index (χ3n) is 3.85. The fourth-order valence-corrected chi connectivity index (χ4v) is 3.40. The molecule has 0 aliphatic carbocycles. The lowest BCUT2D eigenvalue weighted by atomic mass is 10.1. The third kappa shape index (κ3) is 8.51. The molecule has 2 rings (SSSR count). The van der Waals surface area contributed by atoms with Gasteiger partial charge in [-0.05, 0) is 41.8 Å². The van der Waals surface area contributed by atoms with Gasteiger partial charge in [-0.3, -0.25) is 0 Å². The van der Waals surface area contributed by atoms with E-state index in [4.69, 9.17) is 9.73 Å². The summed E-state index contributed by atoms with van der Waals surface area (Å²) in [6.45, 7) is 7.45. The number of nitrogens with zero attached hydrogens (tertiary/aromatic N) is 1. The molecule has 0 saturated carbocycles. The molecule has 1 aromatic heterocycles. The highest BCUT2D eigenvalue weighted by molar-refractivity contribution is 14.0. The number of hydrogen-bond donors (Lipinski definition) is 2. The minimum Gasteiger partial charge on any atom is -0.380 e. The number of thiophene rings is 1. The number of rotatable bonds is 9. The number of hydrogen-bond acceptors (Lipinski definition) is 3. The SMILES string of the molecule is CCNC(=NCc1ccc(COC)cc1)NCC(C)Cc1cccs1.I. The van der Waals surface area contributed by atoms with Crippen LogP contribution in [-0.4, -0.2) is 26.2 Å². The molecule has 2 N–H and O–H groups in total. The van der Waals surface area contributed by atoms with E-state index >= 15 is 0 Å². The van der Waals surface area contributed by atoms with Gasteiger partial charge >= 0.3 is 0 Å². The minimum atomic E-state index is 0. The van der Waals surface area contributed by atoms with E-state index in [1.165, 1.54) is 16.0 Å². The third-order valence-corrected chi connectivity index (χ3v) is 4.74. The van der Waals surface area contributed by atoms with Crippen molar-refractivity contribution in [2.75, 3.05) is 20.2 Å². The standard InChI is InChI=1S/C20H29N3OS.HI/c1-4-21-20(22-13-16(2)12-19-6-5-11-25-19)23-14-17-7-9-18(10-8-17)15-24-3;/h5-11,16H,4,12-15H2,1-3H3,(H2,21,22,23);1H. The molecule has 0 fully saturated rings. The van der Waals surface area contributed by atoms with Crippen molar-refractivity contribution in [3.8, 4) is 0 Å². The molecule has 1 atom stereocenters. The summed E-state index contributed by atoms with van der Waals surface area (Å²) in [5, 5.41) is 8.92. The number of aliphatic imine (C=N–C) groups is 1. The molecule has 0 radical (unpaired) electrons. The number of methoxy groups -OCH3 is 1. The van der Waals surface area contributed by atoms with E-state index in [0.29, 0.717) is 19.1 Å².